The number of nitrogens with zero attached hydrogens (tertiary/aromatic N) is 3. The van der Waals surface area contributed by atoms with E-state index >= 15 is 0 Å². The van der Waals surface area contributed by atoms with Crippen LogP contribution in [0.1, 0.15) is 44.7 Å². The van der Waals surface area contributed by atoms with Crippen molar-refractivity contribution in [1.82, 2.24) is 15.1 Å². The number of piperidine rings is 1. The van der Waals surface area contributed by atoms with E-state index in [2.05, 4.69) is 48.0 Å². The first-order valence-corrected chi connectivity index (χ1v) is 11.1. The minimum atomic E-state index is 0. The zero-order valence-electron chi connectivity index (χ0n) is 19.2. The molecule has 7 heteroatoms. The van der Waals surface area contributed by atoms with Gasteiger partial charge in [-0.3, -0.25) is 4.99 Å². The number of halogens is 1. The number of methoxy groups -OCH3 is 2. The molecule has 1 unspecified atom stereocenters. The summed E-state index contributed by atoms with van der Waals surface area (Å²) >= 11 is 0. The highest BCUT2D eigenvalue weighted by Crippen LogP contribution is 2.33. The third kappa shape index (κ3) is 6.15. The third-order valence-corrected chi connectivity index (χ3v) is 6.13. The summed E-state index contributed by atoms with van der Waals surface area (Å²) in [5.74, 6) is 3.30. The van der Waals surface area contributed by atoms with Crippen molar-refractivity contribution in [3.63, 3.8) is 0 Å². The van der Waals surface area contributed by atoms with Crippen LogP contribution >= 0.6 is 24.0 Å². The minimum absolute atomic E-state index is 0. The van der Waals surface area contributed by atoms with E-state index in [1.807, 2.05) is 0 Å². The summed E-state index contributed by atoms with van der Waals surface area (Å²) in [4.78, 5) is 10.0. The molecule has 0 bridgehead atoms. The molecule has 2 aliphatic heterocycles. The van der Waals surface area contributed by atoms with Gasteiger partial charge in [0.05, 0.1) is 14.2 Å². The van der Waals surface area contributed by atoms with Crippen LogP contribution in [0, 0.1) is 5.92 Å². The normalized spacial score (nSPS) is 19.9. The lowest BCUT2D eigenvalue weighted by atomic mass is 9.97. The molecule has 1 aromatic carbocycles. The molecule has 0 saturated carbocycles. The Balaban J connectivity index is 0.00000320. The maximum Gasteiger partial charge on any atom is 0.194 e. The van der Waals surface area contributed by atoms with Gasteiger partial charge in [0.2, 0.25) is 0 Å². The van der Waals surface area contributed by atoms with Gasteiger partial charge in [0.25, 0.3) is 0 Å². The van der Waals surface area contributed by atoms with E-state index < -0.39 is 0 Å². The van der Waals surface area contributed by atoms with Crippen molar-refractivity contribution in [2.24, 2.45) is 10.9 Å². The van der Waals surface area contributed by atoms with Crippen molar-refractivity contribution in [1.29, 1.82) is 0 Å². The van der Waals surface area contributed by atoms with Crippen LogP contribution in [-0.4, -0.2) is 68.7 Å². The summed E-state index contributed by atoms with van der Waals surface area (Å²) in [7, 11) is 3.39. The van der Waals surface area contributed by atoms with Gasteiger partial charge in [-0.2, -0.15) is 0 Å². The molecule has 2 heterocycles. The molecular weight excluding hydrogens is 491 g/mol. The van der Waals surface area contributed by atoms with E-state index in [0.717, 1.165) is 50.1 Å². The molecule has 0 radical (unpaired) electrons. The first kappa shape index (κ1) is 25.0. The Kier molecular flexibility index (Phi) is 10.0. The number of fused-ring (bicyclic) bond motifs is 1. The van der Waals surface area contributed by atoms with E-state index in [9.17, 15) is 0 Å². The van der Waals surface area contributed by atoms with Crippen molar-refractivity contribution in [2.75, 3.05) is 46.9 Å². The predicted octanol–water partition coefficient (Wildman–Crippen LogP) is 3.77. The number of nitrogens with one attached hydrogen (secondary N) is 1. The zero-order chi connectivity index (χ0) is 20.8. The molecule has 1 atom stereocenters. The average Bonchev–Trinajstić information content (AvgIpc) is 2.75. The van der Waals surface area contributed by atoms with Crippen LogP contribution in [0.3, 0.4) is 0 Å². The summed E-state index contributed by atoms with van der Waals surface area (Å²) in [6.45, 7) is 12.7. The van der Waals surface area contributed by atoms with Crippen LogP contribution < -0.4 is 14.8 Å². The number of ether oxygens (including phenoxy) is 2. The number of benzene rings is 1. The Morgan fingerprint density at radius 3 is 2.50 bits per heavy atom. The highest BCUT2D eigenvalue weighted by atomic mass is 127. The van der Waals surface area contributed by atoms with Crippen molar-refractivity contribution in [3.8, 4) is 11.5 Å². The Hall–Kier alpha value is -1.22. The summed E-state index contributed by atoms with van der Waals surface area (Å²) < 4.78 is 11.0. The van der Waals surface area contributed by atoms with E-state index in [0.29, 0.717) is 12.0 Å². The molecular formula is C23H39IN4O2. The third-order valence-electron chi connectivity index (χ3n) is 6.13. The second-order valence-electron chi connectivity index (χ2n) is 8.44. The summed E-state index contributed by atoms with van der Waals surface area (Å²) in [5, 5.41) is 3.51. The average molecular weight is 530 g/mol. The molecule has 1 saturated heterocycles. The van der Waals surface area contributed by atoms with Gasteiger partial charge in [-0.25, -0.2) is 0 Å². The maximum absolute atomic E-state index is 5.51. The molecule has 170 valence electrons. The fourth-order valence-electron chi connectivity index (χ4n) is 4.42. The lowest BCUT2D eigenvalue weighted by Crippen LogP contribution is -2.45. The first-order chi connectivity index (χ1) is 14.0. The van der Waals surface area contributed by atoms with Crippen molar-refractivity contribution in [3.05, 3.63) is 23.3 Å². The maximum atomic E-state index is 5.51. The van der Waals surface area contributed by atoms with Crippen molar-refractivity contribution >= 4 is 29.9 Å². The van der Waals surface area contributed by atoms with Crippen LogP contribution in [0.4, 0.5) is 0 Å². The Bertz CT molecular complexity index is 711. The molecule has 0 aliphatic carbocycles. The smallest absolute Gasteiger partial charge is 0.194 e. The number of guanidine groups is 1. The van der Waals surface area contributed by atoms with Gasteiger partial charge in [0.1, 0.15) is 0 Å². The first-order valence-electron chi connectivity index (χ1n) is 11.1. The Labute approximate surface area is 199 Å². The van der Waals surface area contributed by atoms with E-state index in [1.54, 1.807) is 14.2 Å². The van der Waals surface area contributed by atoms with Crippen LogP contribution in [0.5, 0.6) is 11.5 Å². The summed E-state index contributed by atoms with van der Waals surface area (Å²) in [6, 6.07) is 4.87. The van der Waals surface area contributed by atoms with Crippen LogP contribution in [0.2, 0.25) is 0 Å². The van der Waals surface area contributed by atoms with Crippen LogP contribution in [0.25, 0.3) is 0 Å². The second-order valence-corrected chi connectivity index (χ2v) is 8.44. The van der Waals surface area contributed by atoms with Gasteiger partial charge in [-0.1, -0.05) is 0 Å². The molecule has 0 spiro atoms. The standard InChI is InChI=1S/C23H38N4O2.HI/c1-6-24-23(25-14-18-8-7-10-26(15-18)17(2)3)27-11-9-19-12-21(28-4)22(29-5)13-20(19)16-27;/h12-13,17-18H,6-11,14-16H2,1-5H3,(H,24,25);1H. The fourth-order valence-corrected chi connectivity index (χ4v) is 4.42. The fraction of sp³-hybridized carbons (Fsp3) is 0.696. The number of aliphatic imine (C=N–C) groups is 1. The lowest BCUT2D eigenvalue weighted by molar-refractivity contribution is 0.143. The quantitative estimate of drug-likeness (QED) is 0.345. The van der Waals surface area contributed by atoms with E-state index in [4.69, 9.17) is 14.5 Å². The molecule has 1 aromatic rings. The van der Waals surface area contributed by atoms with Gasteiger partial charge < -0.3 is 24.6 Å². The SMILES string of the molecule is CCNC(=NCC1CCCN(C(C)C)C1)N1CCc2cc(OC)c(OC)cc2C1.I. The molecule has 2 aliphatic rings. The second kappa shape index (κ2) is 12.0. The highest BCUT2D eigenvalue weighted by molar-refractivity contribution is 14.0. The summed E-state index contributed by atoms with van der Waals surface area (Å²) in [5.41, 5.74) is 2.64. The molecule has 3 rings (SSSR count). The highest BCUT2D eigenvalue weighted by Gasteiger charge is 2.24. The Morgan fingerprint density at radius 1 is 1.17 bits per heavy atom. The number of rotatable bonds is 6. The van der Waals surface area contributed by atoms with Gasteiger partial charge in [0.15, 0.2) is 17.5 Å². The Morgan fingerprint density at radius 2 is 1.87 bits per heavy atom. The minimum Gasteiger partial charge on any atom is -0.493 e. The van der Waals surface area contributed by atoms with Gasteiger partial charge in [-0.15, -0.1) is 24.0 Å². The number of hydrogen-bond donors (Lipinski definition) is 1. The number of hydrogen-bond acceptors (Lipinski definition) is 4. The molecule has 1 fully saturated rings. The van der Waals surface area contributed by atoms with Crippen molar-refractivity contribution < 1.29 is 9.47 Å². The van der Waals surface area contributed by atoms with Crippen molar-refractivity contribution in [2.45, 2.75) is 52.6 Å². The summed E-state index contributed by atoms with van der Waals surface area (Å²) in [6.07, 6.45) is 3.56. The van der Waals surface area contributed by atoms with E-state index in [-0.39, 0.29) is 24.0 Å². The van der Waals surface area contributed by atoms with Crippen LogP contribution in [0.15, 0.2) is 17.1 Å². The molecule has 1 N–H and O–H groups in total. The number of likely N-dealkylation sites (tertiary alicyclic amines) is 1. The predicted molar refractivity (Wildman–Crippen MR) is 134 cm³/mol. The van der Waals surface area contributed by atoms with Gasteiger partial charge in [0, 0.05) is 38.8 Å². The largest absolute Gasteiger partial charge is 0.493 e. The van der Waals surface area contributed by atoms with Gasteiger partial charge in [-0.05, 0) is 75.8 Å². The zero-order valence-corrected chi connectivity index (χ0v) is 21.6. The monoisotopic (exact) mass is 530 g/mol. The lowest BCUT2D eigenvalue weighted by Gasteiger charge is -2.35. The molecule has 0 amide bonds. The molecule has 0 aromatic heterocycles. The van der Waals surface area contributed by atoms with E-state index in [1.165, 1.54) is 37.1 Å². The topological polar surface area (TPSA) is 49.3 Å². The van der Waals surface area contributed by atoms with Gasteiger partial charge >= 0.3 is 0 Å². The van der Waals surface area contributed by atoms with Crippen LogP contribution in [-0.2, 0) is 13.0 Å². The molecule has 6 nitrogen and oxygen atoms in total. The molecule has 30 heavy (non-hydrogen) atoms.